The highest BCUT2D eigenvalue weighted by molar-refractivity contribution is 6.30. The summed E-state index contributed by atoms with van der Waals surface area (Å²) in [7, 11) is 3.93. The van der Waals surface area contributed by atoms with Crippen molar-refractivity contribution >= 4 is 23.3 Å². The molecule has 134 valence electrons. The molecule has 2 aromatic heterocycles. The van der Waals surface area contributed by atoms with E-state index >= 15 is 0 Å². The molecule has 1 amide bonds. The van der Waals surface area contributed by atoms with Gasteiger partial charge < -0.3 is 4.90 Å². The van der Waals surface area contributed by atoms with Crippen LogP contribution >= 0.6 is 11.6 Å². The molecule has 6 nitrogen and oxygen atoms in total. The number of hydrogen-bond donors (Lipinski definition) is 0. The molecule has 0 saturated carbocycles. The minimum Gasteiger partial charge on any atom is -0.339 e. The van der Waals surface area contributed by atoms with Gasteiger partial charge in [0.2, 0.25) is 5.78 Å². The molecule has 1 aliphatic rings. The van der Waals surface area contributed by atoms with Crippen molar-refractivity contribution in [2.24, 2.45) is 0 Å². The Hall–Kier alpha value is -2.44. The number of rotatable bonds is 3. The van der Waals surface area contributed by atoms with Crippen LogP contribution in [-0.4, -0.2) is 56.8 Å². The van der Waals surface area contributed by atoms with Crippen LogP contribution in [0.5, 0.6) is 0 Å². The first-order valence-corrected chi connectivity index (χ1v) is 8.92. The Morgan fingerprint density at radius 2 is 2.08 bits per heavy atom. The Labute approximate surface area is 157 Å². The van der Waals surface area contributed by atoms with E-state index in [9.17, 15) is 4.79 Å². The monoisotopic (exact) mass is 369 g/mol. The number of likely N-dealkylation sites (N-methyl/N-ethyl adjacent to an activating group) is 2. The molecule has 0 saturated heterocycles. The highest BCUT2D eigenvalue weighted by Crippen LogP contribution is 2.22. The number of hydrogen-bond acceptors (Lipinski definition) is 4. The zero-order chi connectivity index (χ0) is 18.3. The highest BCUT2D eigenvalue weighted by Gasteiger charge is 2.26. The molecule has 0 fully saturated rings. The van der Waals surface area contributed by atoms with Gasteiger partial charge in [-0.3, -0.25) is 14.1 Å². The van der Waals surface area contributed by atoms with E-state index in [1.807, 2.05) is 7.05 Å². The average molecular weight is 370 g/mol. The first-order valence-electron chi connectivity index (χ1n) is 8.54. The molecule has 0 bridgehead atoms. The fraction of sp³-hybridized carbons (Fsp3) is 0.316. The summed E-state index contributed by atoms with van der Waals surface area (Å²) in [4.78, 5) is 25.3. The Morgan fingerprint density at radius 1 is 1.31 bits per heavy atom. The number of carbonyl (C=O) groups is 1. The Morgan fingerprint density at radius 3 is 2.88 bits per heavy atom. The number of amides is 1. The summed E-state index contributed by atoms with van der Waals surface area (Å²) < 4.78 is 1.67. The van der Waals surface area contributed by atoms with E-state index in [0.29, 0.717) is 23.0 Å². The minimum absolute atomic E-state index is 0.112. The second-order valence-corrected chi connectivity index (χ2v) is 7.27. The van der Waals surface area contributed by atoms with E-state index in [-0.39, 0.29) is 11.9 Å². The maximum Gasteiger partial charge on any atom is 0.273 e. The van der Waals surface area contributed by atoms with E-state index in [4.69, 9.17) is 11.6 Å². The SMILES string of the molecule is CN(C[C@H]1Cc2ccccc2CN1C)C(=O)c1cn2cc(Cl)cnc2n1. The molecule has 3 aromatic rings. The molecule has 0 unspecified atom stereocenters. The zero-order valence-corrected chi connectivity index (χ0v) is 15.5. The summed E-state index contributed by atoms with van der Waals surface area (Å²) in [6, 6.07) is 8.78. The largest absolute Gasteiger partial charge is 0.339 e. The van der Waals surface area contributed by atoms with Crippen molar-refractivity contribution < 1.29 is 4.79 Å². The van der Waals surface area contributed by atoms with Crippen LogP contribution in [0.2, 0.25) is 5.02 Å². The third kappa shape index (κ3) is 3.18. The van der Waals surface area contributed by atoms with Crippen LogP contribution in [0.4, 0.5) is 0 Å². The van der Waals surface area contributed by atoms with Crippen molar-refractivity contribution in [3.63, 3.8) is 0 Å². The first kappa shape index (κ1) is 17.0. The molecule has 26 heavy (non-hydrogen) atoms. The van der Waals surface area contributed by atoms with Gasteiger partial charge in [0.1, 0.15) is 5.69 Å². The molecule has 0 N–H and O–H groups in total. The lowest BCUT2D eigenvalue weighted by molar-refractivity contribution is 0.0728. The van der Waals surface area contributed by atoms with Gasteiger partial charge in [-0.05, 0) is 24.6 Å². The molecular formula is C19H20ClN5O. The number of benzene rings is 1. The number of aromatic nitrogens is 3. The molecule has 1 aromatic carbocycles. The van der Waals surface area contributed by atoms with Crippen molar-refractivity contribution in [3.05, 3.63) is 64.7 Å². The number of imidazole rings is 1. The van der Waals surface area contributed by atoms with Crippen molar-refractivity contribution in [1.29, 1.82) is 0 Å². The normalized spacial score (nSPS) is 17.3. The van der Waals surface area contributed by atoms with Crippen LogP contribution in [0.3, 0.4) is 0 Å². The van der Waals surface area contributed by atoms with Crippen molar-refractivity contribution in [2.45, 2.75) is 19.0 Å². The van der Waals surface area contributed by atoms with Gasteiger partial charge in [0, 0.05) is 38.6 Å². The van der Waals surface area contributed by atoms with Crippen LogP contribution in [0.1, 0.15) is 21.6 Å². The third-order valence-corrected chi connectivity index (χ3v) is 5.14. The van der Waals surface area contributed by atoms with E-state index in [1.54, 1.807) is 21.7 Å². The molecule has 3 heterocycles. The van der Waals surface area contributed by atoms with Crippen LogP contribution in [0.25, 0.3) is 5.78 Å². The average Bonchev–Trinajstić information content (AvgIpc) is 3.04. The van der Waals surface area contributed by atoms with E-state index in [1.165, 1.54) is 17.3 Å². The highest BCUT2D eigenvalue weighted by atomic mass is 35.5. The molecule has 0 spiro atoms. The predicted octanol–water partition coefficient (Wildman–Crippen LogP) is 2.51. The molecule has 0 radical (unpaired) electrons. The maximum atomic E-state index is 12.8. The number of nitrogens with zero attached hydrogens (tertiary/aromatic N) is 5. The summed E-state index contributed by atoms with van der Waals surface area (Å²) >= 11 is 5.94. The molecule has 0 aliphatic carbocycles. The van der Waals surface area contributed by atoms with Gasteiger partial charge in [0.15, 0.2) is 0 Å². The van der Waals surface area contributed by atoms with Gasteiger partial charge in [0.05, 0.1) is 11.2 Å². The summed E-state index contributed by atoms with van der Waals surface area (Å²) in [6.45, 7) is 1.55. The Balaban J connectivity index is 1.50. The van der Waals surface area contributed by atoms with Gasteiger partial charge in [-0.15, -0.1) is 0 Å². The molecule has 7 heteroatoms. The standard InChI is InChI=1S/C19H20ClN5O/c1-23-9-14-6-4-3-5-13(14)7-16(23)11-24(2)18(26)17-12-25-10-15(20)8-21-19(25)22-17/h3-6,8,10,12,16H,7,9,11H2,1-2H3/t16-/m1/s1. The fourth-order valence-electron chi connectivity index (χ4n) is 3.48. The number of carbonyl (C=O) groups excluding carboxylic acids is 1. The van der Waals surface area contributed by atoms with Crippen molar-refractivity contribution in [3.8, 4) is 0 Å². The molecule has 1 aliphatic heterocycles. The lowest BCUT2D eigenvalue weighted by Gasteiger charge is -2.36. The van der Waals surface area contributed by atoms with Crippen molar-refractivity contribution in [1.82, 2.24) is 24.2 Å². The van der Waals surface area contributed by atoms with Gasteiger partial charge in [0.25, 0.3) is 5.91 Å². The first-order chi connectivity index (χ1) is 12.5. The second kappa shape index (κ2) is 6.70. The zero-order valence-electron chi connectivity index (χ0n) is 14.8. The van der Waals surface area contributed by atoms with Gasteiger partial charge in [-0.2, -0.15) is 0 Å². The van der Waals surface area contributed by atoms with Crippen LogP contribution in [0.15, 0.2) is 42.9 Å². The van der Waals surface area contributed by atoms with E-state index in [0.717, 1.165) is 13.0 Å². The van der Waals surface area contributed by atoms with Crippen LogP contribution < -0.4 is 0 Å². The van der Waals surface area contributed by atoms with Gasteiger partial charge >= 0.3 is 0 Å². The van der Waals surface area contributed by atoms with Crippen LogP contribution in [-0.2, 0) is 13.0 Å². The summed E-state index contributed by atoms with van der Waals surface area (Å²) in [5.74, 6) is 0.355. The lowest BCUT2D eigenvalue weighted by Crippen LogP contribution is -2.46. The van der Waals surface area contributed by atoms with E-state index in [2.05, 4.69) is 46.2 Å². The molecule has 1 atom stereocenters. The maximum absolute atomic E-state index is 12.8. The van der Waals surface area contributed by atoms with Crippen molar-refractivity contribution in [2.75, 3.05) is 20.6 Å². The number of fused-ring (bicyclic) bond motifs is 2. The number of halogens is 1. The quantitative estimate of drug-likeness (QED) is 0.712. The fourth-order valence-corrected chi connectivity index (χ4v) is 3.63. The van der Waals surface area contributed by atoms with Crippen LogP contribution in [0, 0.1) is 0 Å². The second-order valence-electron chi connectivity index (χ2n) is 6.83. The topological polar surface area (TPSA) is 53.7 Å². The van der Waals surface area contributed by atoms with E-state index < -0.39 is 0 Å². The lowest BCUT2D eigenvalue weighted by atomic mass is 9.94. The molecule has 4 rings (SSSR count). The molecular weight excluding hydrogens is 350 g/mol. The summed E-state index contributed by atoms with van der Waals surface area (Å²) in [5, 5.41) is 0.504. The minimum atomic E-state index is -0.112. The Kier molecular flexibility index (Phi) is 4.38. The van der Waals surface area contributed by atoms with Gasteiger partial charge in [-0.25, -0.2) is 9.97 Å². The predicted molar refractivity (Wildman–Crippen MR) is 100 cm³/mol. The summed E-state index contributed by atoms with van der Waals surface area (Å²) in [6.07, 6.45) is 5.83. The summed E-state index contributed by atoms with van der Waals surface area (Å²) in [5.41, 5.74) is 3.10. The third-order valence-electron chi connectivity index (χ3n) is 4.95. The van der Waals surface area contributed by atoms with Gasteiger partial charge in [-0.1, -0.05) is 35.9 Å². The Bertz CT molecular complexity index is 969. The smallest absolute Gasteiger partial charge is 0.273 e.